The van der Waals surface area contributed by atoms with Crippen LogP contribution in [0, 0.1) is 0 Å². The van der Waals surface area contributed by atoms with Gasteiger partial charge in [-0.15, -0.1) is 0 Å². The molecule has 0 spiro atoms. The second kappa shape index (κ2) is 18.2. The summed E-state index contributed by atoms with van der Waals surface area (Å²) in [6, 6.07) is 91.1. The first-order valence-corrected chi connectivity index (χ1v) is 23.2. The molecule has 0 fully saturated rings. The minimum atomic E-state index is 0.868. The number of para-hydroxylation sites is 4. The highest BCUT2D eigenvalue weighted by molar-refractivity contribution is 5.89. The van der Waals surface area contributed by atoms with E-state index in [0.717, 1.165) is 106 Å². The molecule has 0 atom stereocenters. The Morgan fingerprint density at radius 1 is 0.174 bits per heavy atom. The number of rotatable bonds is 10. The summed E-state index contributed by atoms with van der Waals surface area (Å²) in [4.78, 5) is 22.7. The molecule has 5 nitrogen and oxygen atoms in total. The maximum absolute atomic E-state index is 5.12. The smallest absolute Gasteiger partial charge is 0.0973 e. The summed E-state index contributed by atoms with van der Waals surface area (Å²) in [5, 5.41) is 0. The molecule has 69 heavy (non-hydrogen) atoms. The van der Waals surface area contributed by atoms with Crippen molar-refractivity contribution in [2.45, 2.75) is 0 Å². The number of aromatic nitrogens is 4. The molecule has 0 saturated heterocycles. The molecule has 324 valence electrons. The van der Waals surface area contributed by atoms with Crippen LogP contribution in [-0.2, 0) is 0 Å². The van der Waals surface area contributed by atoms with Crippen molar-refractivity contribution in [1.29, 1.82) is 0 Å². The molecule has 0 bridgehead atoms. The van der Waals surface area contributed by atoms with Gasteiger partial charge in [0.2, 0.25) is 0 Å². The summed E-state index contributed by atoms with van der Waals surface area (Å²) in [7, 11) is 0. The third-order valence-corrected chi connectivity index (χ3v) is 12.7. The fraction of sp³-hybridized carbons (Fsp3) is 0. The van der Waals surface area contributed by atoms with Gasteiger partial charge in [-0.2, -0.15) is 0 Å². The van der Waals surface area contributed by atoms with Gasteiger partial charge in [0.25, 0.3) is 0 Å². The molecule has 0 amide bonds. The largest absolute Gasteiger partial charge is 0.311 e. The van der Waals surface area contributed by atoms with Gasteiger partial charge < -0.3 is 4.90 Å². The molecular formula is C64H43N5. The molecular weight excluding hydrogens is 839 g/mol. The van der Waals surface area contributed by atoms with Gasteiger partial charge in [-0.25, -0.2) is 19.9 Å². The topological polar surface area (TPSA) is 54.8 Å². The first-order valence-electron chi connectivity index (χ1n) is 23.2. The molecule has 10 aromatic carbocycles. The summed E-state index contributed by atoms with van der Waals surface area (Å²) in [5.41, 5.74) is 21.2. The van der Waals surface area contributed by atoms with Gasteiger partial charge in [-0.1, -0.05) is 200 Å². The van der Waals surface area contributed by atoms with Crippen LogP contribution in [0.1, 0.15) is 0 Å². The fourth-order valence-corrected chi connectivity index (χ4v) is 9.12. The van der Waals surface area contributed by atoms with Crippen LogP contribution < -0.4 is 4.90 Å². The summed E-state index contributed by atoms with van der Waals surface area (Å²) < 4.78 is 0. The number of hydrogen-bond acceptors (Lipinski definition) is 5. The molecule has 0 saturated carbocycles. The van der Waals surface area contributed by atoms with Crippen LogP contribution in [0.2, 0.25) is 0 Å². The minimum absolute atomic E-state index is 0.868. The highest BCUT2D eigenvalue weighted by atomic mass is 15.1. The zero-order chi connectivity index (χ0) is 45.9. The lowest BCUT2D eigenvalue weighted by Crippen LogP contribution is -2.09. The number of anilines is 3. The van der Waals surface area contributed by atoms with E-state index in [2.05, 4.69) is 181 Å². The van der Waals surface area contributed by atoms with E-state index in [1.807, 2.05) is 84.9 Å². The third kappa shape index (κ3) is 8.30. The number of hydrogen-bond donors (Lipinski definition) is 0. The van der Waals surface area contributed by atoms with E-state index in [0.29, 0.717) is 0 Å². The predicted octanol–water partition coefficient (Wildman–Crippen LogP) is 16.7. The molecule has 0 N–H and O–H groups in total. The van der Waals surface area contributed by atoms with Crippen molar-refractivity contribution in [2.75, 3.05) is 4.90 Å². The lowest BCUT2D eigenvalue weighted by molar-refractivity contribution is 1.28. The van der Waals surface area contributed by atoms with Crippen molar-refractivity contribution in [3.63, 3.8) is 0 Å². The minimum Gasteiger partial charge on any atom is -0.311 e. The Bertz CT molecular complexity index is 3500. The van der Waals surface area contributed by atoms with Crippen LogP contribution in [0.4, 0.5) is 17.1 Å². The first-order chi connectivity index (χ1) is 34.2. The van der Waals surface area contributed by atoms with E-state index in [1.165, 1.54) is 11.1 Å². The van der Waals surface area contributed by atoms with Gasteiger partial charge in [-0.3, -0.25) is 0 Å². The van der Waals surface area contributed by atoms with E-state index in [1.54, 1.807) is 0 Å². The molecule has 5 heteroatoms. The average molecular weight is 882 g/mol. The maximum atomic E-state index is 5.12. The maximum Gasteiger partial charge on any atom is 0.0973 e. The predicted molar refractivity (Wildman–Crippen MR) is 285 cm³/mol. The van der Waals surface area contributed by atoms with Crippen molar-refractivity contribution >= 4 is 39.1 Å². The van der Waals surface area contributed by atoms with E-state index < -0.39 is 0 Å². The summed E-state index contributed by atoms with van der Waals surface area (Å²) in [6.07, 6.45) is 0. The normalized spacial score (nSPS) is 11.2. The van der Waals surface area contributed by atoms with Crippen LogP contribution in [0.15, 0.2) is 261 Å². The van der Waals surface area contributed by atoms with Gasteiger partial charge >= 0.3 is 0 Å². The van der Waals surface area contributed by atoms with Gasteiger partial charge in [0.05, 0.1) is 44.8 Å². The van der Waals surface area contributed by atoms with Crippen LogP contribution in [0.5, 0.6) is 0 Å². The first kappa shape index (κ1) is 41.1. The Kier molecular flexibility index (Phi) is 10.8. The molecule has 0 unspecified atom stereocenters. The van der Waals surface area contributed by atoms with Crippen molar-refractivity contribution in [3.8, 4) is 78.4 Å². The summed E-state index contributed by atoms with van der Waals surface area (Å²) >= 11 is 0. The third-order valence-electron chi connectivity index (χ3n) is 12.7. The van der Waals surface area contributed by atoms with E-state index >= 15 is 0 Å². The molecule has 12 aromatic rings. The van der Waals surface area contributed by atoms with Gasteiger partial charge in [0, 0.05) is 39.3 Å². The number of benzene rings is 10. The Labute approximate surface area is 401 Å². The van der Waals surface area contributed by atoms with Gasteiger partial charge in [0.15, 0.2) is 0 Å². The Morgan fingerprint density at radius 3 is 0.638 bits per heavy atom. The fourth-order valence-electron chi connectivity index (χ4n) is 9.12. The molecule has 2 heterocycles. The van der Waals surface area contributed by atoms with E-state index in [4.69, 9.17) is 19.9 Å². The molecule has 0 aliphatic heterocycles. The Hall–Kier alpha value is -9.32. The zero-order valence-corrected chi connectivity index (χ0v) is 37.6. The number of nitrogens with zero attached hydrogens (tertiary/aromatic N) is 5. The number of fused-ring (bicyclic) bond motifs is 2. The van der Waals surface area contributed by atoms with Crippen molar-refractivity contribution in [3.05, 3.63) is 261 Å². The molecule has 12 rings (SSSR count). The van der Waals surface area contributed by atoms with Crippen LogP contribution in [0.25, 0.3) is 100 Å². The Morgan fingerprint density at radius 2 is 0.362 bits per heavy atom. The van der Waals surface area contributed by atoms with Crippen LogP contribution >= 0.6 is 0 Å². The van der Waals surface area contributed by atoms with E-state index in [9.17, 15) is 0 Å². The highest BCUT2D eigenvalue weighted by Crippen LogP contribution is 2.39. The monoisotopic (exact) mass is 881 g/mol. The average Bonchev–Trinajstić information content (AvgIpc) is 3.44. The summed E-state index contributed by atoms with van der Waals surface area (Å²) in [5.74, 6) is 0. The van der Waals surface area contributed by atoms with Crippen LogP contribution in [-0.4, -0.2) is 19.9 Å². The highest BCUT2D eigenvalue weighted by Gasteiger charge is 2.17. The van der Waals surface area contributed by atoms with Crippen LogP contribution in [0.3, 0.4) is 0 Å². The zero-order valence-electron chi connectivity index (χ0n) is 37.6. The molecule has 0 aliphatic rings. The molecule has 0 radical (unpaired) electrons. The lowest BCUT2D eigenvalue weighted by Gasteiger charge is -2.26. The van der Waals surface area contributed by atoms with Crippen molar-refractivity contribution in [2.24, 2.45) is 0 Å². The molecule has 0 aliphatic carbocycles. The Balaban J connectivity index is 0.853. The summed E-state index contributed by atoms with van der Waals surface area (Å²) in [6.45, 7) is 0. The SMILES string of the molecule is c1ccc(-c2ccc(N(c3ccc(-c4ccc(-c5nc6ccccc6nc5-c5ccccc5)cc4)cc3)c3ccc(-c4ccc(-c5nc6ccccc6nc5-c5ccccc5)cc4)cc3)cc2)cc1. The second-order valence-electron chi connectivity index (χ2n) is 17.0. The van der Waals surface area contributed by atoms with Crippen molar-refractivity contribution in [1.82, 2.24) is 19.9 Å². The van der Waals surface area contributed by atoms with Crippen molar-refractivity contribution < 1.29 is 0 Å². The standard InChI is InChI=1S/C64H43N5/c1-4-14-44(15-5-1)47-32-38-54(39-33-47)69(55-40-34-48(35-41-55)45-24-28-52(29-25-45)63-61(50-16-6-2-7-17-50)65-57-20-10-12-22-59(57)67-63)56-42-36-49(37-43-56)46-26-30-53(31-27-46)64-62(51-18-8-3-9-19-51)66-58-21-11-13-23-60(58)68-64/h1-43H. The van der Waals surface area contributed by atoms with Gasteiger partial charge in [0.1, 0.15) is 0 Å². The second-order valence-corrected chi connectivity index (χ2v) is 17.0. The molecule has 2 aromatic heterocycles. The lowest BCUT2D eigenvalue weighted by atomic mass is 9.99. The quantitative estimate of drug-likeness (QED) is 0.137. The van der Waals surface area contributed by atoms with Gasteiger partial charge in [-0.05, 0) is 94.0 Å². The van der Waals surface area contributed by atoms with E-state index in [-0.39, 0.29) is 0 Å².